The highest BCUT2D eigenvalue weighted by atomic mass is 35.5. The van der Waals surface area contributed by atoms with Crippen LogP contribution in [0.2, 0.25) is 5.02 Å². The zero-order chi connectivity index (χ0) is 21.1. The Kier molecular flexibility index (Phi) is 11.2. The van der Waals surface area contributed by atoms with E-state index in [2.05, 4.69) is 13.8 Å². The number of hydrogen-bond donors (Lipinski definition) is 1. The average Bonchev–Trinajstić information content (AvgIpc) is 3.33. The van der Waals surface area contributed by atoms with E-state index < -0.39 is 6.10 Å². The molecule has 1 aromatic rings. The van der Waals surface area contributed by atoms with Crippen molar-refractivity contribution in [2.24, 2.45) is 11.8 Å². The summed E-state index contributed by atoms with van der Waals surface area (Å²) in [5.41, 5.74) is 1.61. The van der Waals surface area contributed by atoms with Gasteiger partial charge in [-0.15, -0.1) is 0 Å². The number of carbonyl (C=O) groups is 1. The van der Waals surface area contributed by atoms with Crippen LogP contribution in [0.3, 0.4) is 0 Å². The van der Waals surface area contributed by atoms with E-state index in [0.29, 0.717) is 16.5 Å². The van der Waals surface area contributed by atoms with Gasteiger partial charge in [0.25, 0.3) is 5.91 Å². The molecule has 1 aliphatic carbocycles. The maximum atomic E-state index is 11.2. The number of likely N-dealkylation sites (tertiary alicyclic amines) is 1. The van der Waals surface area contributed by atoms with E-state index in [9.17, 15) is 4.79 Å². The Labute approximate surface area is 175 Å². The van der Waals surface area contributed by atoms with Crippen LogP contribution < -0.4 is 0 Å². The molecule has 0 spiro atoms. The van der Waals surface area contributed by atoms with Crippen LogP contribution in [0.5, 0.6) is 0 Å². The van der Waals surface area contributed by atoms with Crippen molar-refractivity contribution < 1.29 is 9.90 Å². The lowest BCUT2D eigenvalue weighted by molar-refractivity contribution is -0.138. The van der Waals surface area contributed by atoms with Crippen molar-refractivity contribution in [1.29, 1.82) is 5.26 Å². The van der Waals surface area contributed by atoms with Crippen LogP contribution in [0.25, 0.3) is 0 Å². The second kappa shape index (κ2) is 12.8. The van der Waals surface area contributed by atoms with Crippen molar-refractivity contribution in [1.82, 2.24) is 4.90 Å². The third-order valence-electron chi connectivity index (χ3n) is 5.39. The topological polar surface area (TPSA) is 64.3 Å². The Balaban J connectivity index is 0.000000215. The predicted octanol–water partition coefficient (Wildman–Crippen LogP) is 5.34. The minimum absolute atomic E-state index is 0.130. The summed E-state index contributed by atoms with van der Waals surface area (Å²) in [4.78, 5) is 12.9. The molecule has 2 aliphatic rings. The molecule has 1 saturated carbocycles. The number of nitriles is 1. The Morgan fingerprint density at radius 3 is 2.39 bits per heavy atom. The van der Waals surface area contributed by atoms with Crippen LogP contribution in [-0.4, -0.2) is 35.1 Å². The molecule has 156 valence electrons. The summed E-state index contributed by atoms with van der Waals surface area (Å²) >= 11 is 5.71. The quantitative estimate of drug-likeness (QED) is 0.720. The van der Waals surface area contributed by atoms with Gasteiger partial charge < -0.3 is 10.0 Å². The average molecular weight is 407 g/mol. The number of benzene rings is 1. The number of hydrogen-bond acceptors (Lipinski definition) is 3. The third-order valence-corrected chi connectivity index (χ3v) is 5.70. The second-order valence-corrected chi connectivity index (χ2v) is 8.42. The number of nitrogens with zero attached hydrogens (tertiary/aromatic N) is 2. The van der Waals surface area contributed by atoms with Crippen molar-refractivity contribution >= 4 is 17.5 Å². The molecule has 0 aromatic heterocycles. The van der Waals surface area contributed by atoms with Gasteiger partial charge >= 0.3 is 0 Å². The molecule has 0 bridgehead atoms. The van der Waals surface area contributed by atoms with Crippen LogP contribution in [0.4, 0.5) is 0 Å². The smallest absolute Gasteiger partial charge is 0.251 e. The van der Waals surface area contributed by atoms with E-state index in [-0.39, 0.29) is 5.91 Å². The van der Waals surface area contributed by atoms with Crippen LogP contribution in [0, 0.1) is 30.1 Å². The standard InChI is InChI=1S/C8H6ClN.C8H15NO2.C7H14/c1-6-2-3-7(5-10)8(9)4-6;1-6-3-4-9(5-6)8(11)7(2)10;1-2-7-5-3-4-6-7/h2-4H,1H3;6-7,10H,3-5H2,1-2H3;7H,2-6H2,1H3. The highest BCUT2D eigenvalue weighted by molar-refractivity contribution is 6.31. The molecule has 1 saturated heterocycles. The fraction of sp³-hybridized carbons (Fsp3) is 0.652. The first kappa shape index (κ1) is 24.5. The first-order valence-electron chi connectivity index (χ1n) is 10.4. The van der Waals surface area contributed by atoms with E-state index >= 15 is 0 Å². The van der Waals surface area contributed by atoms with Crippen molar-refractivity contribution in [3.05, 3.63) is 34.3 Å². The van der Waals surface area contributed by atoms with Gasteiger partial charge in [-0.2, -0.15) is 5.26 Å². The Bertz CT molecular complexity index is 648. The first-order valence-corrected chi connectivity index (χ1v) is 10.8. The Hall–Kier alpha value is -1.57. The summed E-state index contributed by atoms with van der Waals surface area (Å²) in [7, 11) is 0. The van der Waals surface area contributed by atoms with Crippen molar-refractivity contribution in [2.45, 2.75) is 72.3 Å². The van der Waals surface area contributed by atoms with Gasteiger partial charge in [0.2, 0.25) is 0 Å². The van der Waals surface area contributed by atoms with Crippen LogP contribution in [-0.2, 0) is 4.79 Å². The molecule has 0 radical (unpaired) electrons. The fourth-order valence-corrected chi connectivity index (χ4v) is 3.81. The largest absolute Gasteiger partial charge is 0.384 e. The molecular formula is C23H35ClN2O2. The summed E-state index contributed by atoms with van der Waals surface area (Å²) in [6.07, 6.45) is 7.67. The van der Waals surface area contributed by atoms with Crippen molar-refractivity contribution in [2.75, 3.05) is 13.1 Å². The minimum atomic E-state index is -0.833. The molecule has 1 amide bonds. The number of aliphatic hydroxyl groups is 1. The zero-order valence-corrected chi connectivity index (χ0v) is 18.5. The molecule has 2 unspecified atom stereocenters. The summed E-state index contributed by atoms with van der Waals surface area (Å²) in [6, 6.07) is 7.35. The molecule has 1 aromatic carbocycles. The molecule has 5 heteroatoms. The maximum Gasteiger partial charge on any atom is 0.251 e. The van der Waals surface area contributed by atoms with E-state index in [1.54, 1.807) is 17.0 Å². The molecule has 4 nitrogen and oxygen atoms in total. The number of amides is 1. The zero-order valence-electron chi connectivity index (χ0n) is 17.7. The van der Waals surface area contributed by atoms with Gasteiger partial charge in [-0.3, -0.25) is 4.79 Å². The minimum Gasteiger partial charge on any atom is -0.384 e. The third kappa shape index (κ3) is 8.63. The monoisotopic (exact) mass is 406 g/mol. The summed E-state index contributed by atoms with van der Waals surface area (Å²) in [5, 5.41) is 18.0. The maximum absolute atomic E-state index is 11.2. The Morgan fingerprint density at radius 2 is 2.00 bits per heavy atom. The van der Waals surface area contributed by atoms with E-state index in [1.807, 2.05) is 19.1 Å². The highest BCUT2D eigenvalue weighted by Crippen LogP contribution is 2.26. The summed E-state index contributed by atoms with van der Waals surface area (Å²) < 4.78 is 0. The van der Waals surface area contributed by atoms with Crippen LogP contribution in [0.15, 0.2) is 18.2 Å². The van der Waals surface area contributed by atoms with Crippen molar-refractivity contribution in [3.63, 3.8) is 0 Å². The number of aliphatic hydroxyl groups excluding tert-OH is 1. The number of rotatable bonds is 2. The molecule has 1 N–H and O–H groups in total. The molecule has 2 atom stereocenters. The molecule has 28 heavy (non-hydrogen) atoms. The molecule has 1 heterocycles. The van der Waals surface area contributed by atoms with Crippen LogP contribution in [0.1, 0.15) is 70.4 Å². The molecule has 3 rings (SSSR count). The summed E-state index contributed by atoms with van der Waals surface area (Å²) in [5.74, 6) is 1.56. The van der Waals surface area contributed by atoms with E-state index in [4.69, 9.17) is 22.0 Å². The van der Waals surface area contributed by atoms with Gasteiger partial charge in [-0.05, 0) is 49.8 Å². The summed E-state index contributed by atoms with van der Waals surface area (Å²) in [6.45, 7) is 9.50. The lowest BCUT2D eigenvalue weighted by Crippen LogP contribution is -2.35. The number of carbonyl (C=O) groups excluding carboxylic acids is 1. The van der Waals surface area contributed by atoms with Gasteiger partial charge in [-0.25, -0.2) is 0 Å². The second-order valence-electron chi connectivity index (χ2n) is 8.01. The van der Waals surface area contributed by atoms with Crippen molar-refractivity contribution in [3.8, 4) is 6.07 Å². The SMILES string of the molecule is CC1CCN(C(=O)C(C)O)C1.CCC1CCCC1.Cc1ccc(C#N)c(Cl)c1. The van der Waals surface area contributed by atoms with Gasteiger partial charge in [0, 0.05) is 13.1 Å². The van der Waals surface area contributed by atoms with E-state index in [1.165, 1.54) is 39.0 Å². The molecular weight excluding hydrogens is 372 g/mol. The normalized spacial score (nSPS) is 19.8. The first-order chi connectivity index (χ1) is 13.3. The molecule has 2 fully saturated rings. The number of aryl methyl sites for hydroxylation is 1. The number of halogens is 1. The van der Waals surface area contributed by atoms with Gasteiger partial charge in [0.05, 0.1) is 10.6 Å². The van der Waals surface area contributed by atoms with Gasteiger partial charge in [0.15, 0.2) is 0 Å². The lowest BCUT2D eigenvalue weighted by Gasteiger charge is -2.17. The van der Waals surface area contributed by atoms with Gasteiger partial charge in [-0.1, -0.05) is 63.6 Å². The van der Waals surface area contributed by atoms with Gasteiger partial charge in [0.1, 0.15) is 12.2 Å². The Morgan fingerprint density at radius 1 is 1.36 bits per heavy atom. The van der Waals surface area contributed by atoms with E-state index in [0.717, 1.165) is 31.0 Å². The van der Waals surface area contributed by atoms with Crippen LogP contribution >= 0.6 is 11.6 Å². The fourth-order valence-electron chi connectivity index (χ4n) is 3.53. The lowest BCUT2D eigenvalue weighted by atomic mass is 10.1. The predicted molar refractivity (Wildman–Crippen MR) is 115 cm³/mol. The highest BCUT2D eigenvalue weighted by Gasteiger charge is 2.25. The molecule has 1 aliphatic heterocycles.